The molecule has 1 amide bonds. The van der Waals surface area contributed by atoms with Crippen molar-refractivity contribution in [1.29, 1.82) is 0 Å². The van der Waals surface area contributed by atoms with E-state index in [9.17, 15) is 14.9 Å². The van der Waals surface area contributed by atoms with Gasteiger partial charge >= 0.3 is 0 Å². The lowest BCUT2D eigenvalue weighted by atomic mass is 9.94. The van der Waals surface area contributed by atoms with E-state index in [0.29, 0.717) is 11.4 Å². The second kappa shape index (κ2) is 4.05. The molecule has 2 aromatic rings. The van der Waals surface area contributed by atoms with Gasteiger partial charge in [-0.15, -0.1) is 11.3 Å². The number of halogens is 1. The number of nitro groups is 1. The molecule has 1 saturated carbocycles. The van der Waals surface area contributed by atoms with Crippen LogP contribution in [0.4, 0.5) is 11.4 Å². The zero-order valence-electron chi connectivity index (χ0n) is 10.6. The Labute approximate surface area is 128 Å². The average molecular weight is 321 g/mol. The number of benzene rings is 1. The van der Waals surface area contributed by atoms with E-state index in [2.05, 4.69) is 5.32 Å². The van der Waals surface area contributed by atoms with Crippen molar-refractivity contribution < 1.29 is 9.72 Å². The van der Waals surface area contributed by atoms with Crippen molar-refractivity contribution in [1.82, 2.24) is 0 Å². The van der Waals surface area contributed by atoms with Crippen LogP contribution in [0.3, 0.4) is 0 Å². The SMILES string of the molecule is O=C1Nc2ccc(Cl)cc2[C@@]12C[C@@H]2c1cc([N+](=O)[O-])cs1. The van der Waals surface area contributed by atoms with Crippen LogP contribution in [0.5, 0.6) is 0 Å². The fourth-order valence-corrected chi connectivity index (χ4v) is 4.35. The third-order valence-corrected chi connectivity index (χ3v) is 5.51. The second-order valence-corrected chi connectivity index (χ2v) is 6.72. The van der Waals surface area contributed by atoms with E-state index < -0.39 is 10.3 Å². The minimum atomic E-state index is -0.598. The van der Waals surface area contributed by atoms with Gasteiger partial charge in [0.25, 0.3) is 5.69 Å². The molecule has 1 N–H and O–H groups in total. The molecule has 0 bridgehead atoms. The van der Waals surface area contributed by atoms with Crippen molar-refractivity contribution in [2.75, 3.05) is 5.32 Å². The van der Waals surface area contributed by atoms with Crippen molar-refractivity contribution in [3.05, 3.63) is 55.2 Å². The summed E-state index contributed by atoms with van der Waals surface area (Å²) < 4.78 is 0. The Morgan fingerprint density at radius 2 is 2.24 bits per heavy atom. The fourth-order valence-electron chi connectivity index (χ4n) is 3.13. The van der Waals surface area contributed by atoms with Crippen LogP contribution in [0.25, 0.3) is 0 Å². The van der Waals surface area contributed by atoms with E-state index >= 15 is 0 Å². The molecule has 0 unspecified atom stereocenters. The monoisotopic (exact) mass is 320 g/mol. The van der Waals surface area contributed by atoms with Gasteiger partial charge in [0, 0.05) is 27.6 Å². The lowest BCUT2D eigenvalue weighted by Gasteiger charge is -2.07. The summed E-state index contributed by atoms with van der Waals surface area (Å²) in [5.74, 6) is -0.0447. The molecule has 0 saturated heterocycles. The summed E-state index contributed by atoms with van der Waals surface area (Å²) in [4.78, 5) is 23.6. The van der Waals surface area contributed by atoms with Gasteiger partial charge in [-0.05, 0) is 30.2 Å². The van der Waals surface area contributed by atoms with Crippen LogP contribution in [-0.2, 0) is 10.2 Å². The van der Waals surface area contributed by atoms with Crippen molar-refractivity contribution in [3.63, 3.8) is 0 Å². The number of carbonyl (C=O) groups is 1. The van der Waals surface area contributed by atoms with Crippen molar-refractivity contribution in [2.45, 2.75) is 17.8 Å². The average Bonchev–Trinajstić information content (AvgIpc) is 2.88. The Hall–Kier alpha value is -1.92. The zero-order valence-corrected chi connectivity index (χ0v) is 12.2. The van der Waals surface area contributed by atoms with Crippen LogP contribution in [-0.4, -0.2) is 10.8 Å². The van der Waals surface area contributed by atoms with Gasteiger partial charge in [0.05, 0.1) is 15.7 Å². The molecule has 1 spiro atoms. The summed E-state index contributed by atoms with van der Waals surface area (Å²) in [5.41, 5.74) is 1.18. The molecule has 5 nitrogen and oxygen atoms in total. The summed E-state index contributed by atoms with van der Waals surface area (Å²) in [6, 6.07) is 6.93. The lowest BCUT2D eigenvalue weighted by Crippen LogP contribution is -2.20. The zero-order chi connectivity index (χ0) is 14.8. The highest BCUT2D eigenvalue weighted by Gasteiger charge is 2.65. The first kappa shape index (κ1) is 12.8. The molecule has 21 heavy (non-hydrogen) atoms. The number of anilines is 1. The topological polar surface area (TPSA) is 72.2 Å². The number of rotatable bonds is 2. The van der Waals surface area contributed by atoms with Crippen LogP contribution in [0.15, 0.2) is 29.6 Å². The minimum Gasteiger partial charge on any atom is -0.325 e. The number of nitrogens with zero attached hydrogens (tertiary/aromatic N) is 1. The van der Waals surface area contributed by atoms with Gasteiger partial charge in [-0.1, -0.05) is 11.6 Å². The number of nitrogens with one attached hydrogen (secondary N) is 1. The van der Waals surface area contributed by atoms with Crippen molar-refractivity contribution >= 4 is 40.2 Å². The fraction of sp³-hybridized carbons (Fsp3) is 0.214. The second-order valence-electron chi connectivity index (χ2n) is 5.34. The van der Waals surface area contributed by atoms with Crippen LogP contribution in [0.2, 0.25) is 5.02 Å². The molecular formula is C14H9ClN2O3S. The van der Waals surface area contributed by atoms with Crippen molar-refractivity contribution in [3.8, 4) is 0 Å². The molecule has 0 radical (unpaired) electrons. The van der Waals surface area contributed by atoms with E-state index in [4.69, 9.17) is 11.6 Å². The number of amides is 1. The molecule has 1 aliphatic heterocycles. The lowest BCUT2D eigenvalue weighted by molar-refractivity contribution is -0.384. The van der Waals surface area contributed by atoms with Crippen LogP contribution in [0.1, 0.15) is 22.8 Å². The molecule has 2 atom stereocenters. The third-order valence-electron chi connectivity index (χ3n) is 4.24. The third kappa shape index (κ3) is 1.66. The standard InChI is InChI=1S/C14H9ClN2O3S/c15-7-1-2-11-9(3-7)14(13(18)16-11)5-10(14)12-4-8(6-21-12)17(19)20/h1-4,6,10H,5H2,(H,16,18)/t10-,14-/m1/s1. The molecule has 1 aromatic heterocycles. The van der Waals surface area contributed by atoms with E-state index in [1.165, 1.54) is 16.7 Å². The first-order chi connectivity index (χ1) is 10.0. The predicted molar refractivity (Wildman–Crippen MR) is 80.1 cm³/mol. The molecule has 1 aliphatic carbocycles. The van der Waals surface area contributed by atoms with Gasteiger partial charge in [0.15, 0.2) is 0 Å². The first-order valence-electron chi connectivity index (χ1n) is 6.36. The Morgan fingerprint density at radius 1 is 1.43 bits per heavy atom. The molecule has 4 rings (SSSR count). The highest BCUT2D eigenvalue weighted by atomic mass is 35.5. The largest absolute Gasteiger partial charge is 0.325 e. The van der Waals surface area contributed by atoms with Crippen LogP contribution >= 0.6 is 22.9 Å². The van der Waals surface area contributed by atoms with E-state index in [1.807, 2.05) is 6.07 Å². The number of carbonyl (C=O) groups excluding carboxylic acids is 1. The Bertz CT molecular complexity index is 803. The van der Waals surface area contributed by atoms with Crippen LogP contribution in [0, 0.1) is 10.1 Å². The maximum Gasteiger partial charge on any atom is 0.280 e. The summed E-state index contributed by atoms with van der Waals surface area (Å²) in [6.45, 7) is 0. The molecule has 2 heterocycles. The first-order valence-corrected chi connectivity index (χ1v) is 7.62. The highest BCUT2D eigenvalue weighted by Crippen LogP contribution is 2.66. The maximum atomic E-state index is 12.4. The normalized spacial score (nSPS) is 25.8. The van der Waals surface area contributed by atoms with Crippen molar-refractivity contribution in [2.24, 2.45) is 0 Å². The van der Waals surface area contributed by atoms with Gasteiger partial charge < -0.3 is 5.32 Å². The quantitative estimate of drug-likeness (QED) is 0.677. The van der Waals surface area contributed by atoms with E-state index in [1.54, 1.807) is 18.2 Å². The Kier molecular flexibility index (Phi) is 2.47. The summed E-state index contributed by atoms with van der Waals surface area (Å²) in [5, 5.41) is 15.8. The molecule has 106 valence electrons. The van der Waals surface area contributed by atoms with Gasteiger partial charge in [-0.2, -0.15) is 0 Å². The summed E-state index contributed by atoms with van der Waals surface area (Å²) >= 11 is 7.38. The number of fused-ring (bicyclic) bond motifs is 2. The van der Waals surface area contributed by atoms with E-state index in [-0.39, 0.29) is 17.5 Å². The Balaban J connectivity index is 1.76. The van der Waals surface area contributed by atoms with E-state index in [0.717, 1.165) is 16.1 Å². The molecule has 7 heteroatoms. The Morgan fingerprint density at radius 3 is 2.95 bits per heavy atom. The number of hydrogen-bond acceptors (Lipinski definition) is 4. The minimum absolute atomic E-state index is 0.00378. The van der Waals surface area contributed by atoms with Gasteiger partial charge in [-0.25, -0.2) is 0 Å². The maximum absolute atomic E-state index is 12.4. The summed E-state index contributed by atoms with van der Waals surface area (Å²) in [6.07, 6.45) is 0.670. The van der Waals surface area contributed by atoms with Gasteiger partial charge in [0.1, 0.15) is 0 Å². The van der Waals surface area contributed by atoms with Crippen LogP contribution < -0.4 is 5.32 Å². The van der Waals surface area contributed by atoms with Gasteiger partial charge in [-0.3, -0.25) is 14.9 Å². The smallest absolute Gasteiger partial charge is 0.280 e. The molecule has 2 aliphatic rings. The number of hydrogen-bond donors (Lipinski definition) is 1. The van der Waals surface area contributed by atoms with Gasteiger partial charge in [0.2, 0.25) is 5.91 Å². The molecule has 1 aromatic carbocycles. The number of thiophene rings is 1. The summed E-state index contributed by atoms with van der Waals surface area (Å²) in [7, 11) is 0. The predicted octanol–water partition coefficient (Wildman–Crippen LogP) is 3.69. The molecular weight excluding hydrogens is 312 g/mol. The highest BCUT2D eigenvalue weighted by molar-refractivity contribution is 7.10. The molecule has 1 fully saturated rings.